The molecule has 1 aromatic rings. The summed E-state index contributed by atoms with van der Waals surface area (Å²) in [5.74, 6) is -0.294. The van der Waals surface area contributed by atoms with Crippen molar-refractivity contribution in [1.29, 1.82) is 0 Å². The standard InChI is InChI=1S/C13H19NO2/c1-2-10-16-13(15)12(14)9-8-11-6-4-3-5-7-11/h3-7,12H,2,8-10,14H2,1H3. The van der Waals surface area contributed by atoms with Gasteiger partial charge >= 0.3 is 5.97 Å². The first-order valence-corrected chi connectivity index (χ1v) is 5.70. The van der Waals surface area contributed by atoms with Gasteiger partial charge in [-0.15, -0.1) is 0 Å². The molecule has 1 atom stereocenters. The average Bonchev–Trinajstić information content (AvgIpc) is 2.34. The quantitative estimate of drug-likeness (QED) is 0.746. The van der Waals surface area contributed by atoms with Gasteiger partial charge in [-0.3, -0.25) is 4.79 Å². The molecule has 0 aromatic heterocycles. The van der Waals surface area contributed by atoms with Crippen LogP contribution in [0.2, 0.25) is 0 Å². The molecule has 0 aliphatic heterocycles. The van der Waals surface area contributed by atoms with Crippen LogP contribution in [0.1, 0.15) is 25.3 Å². The predicted molar refractivity (Wildman–Crippen MR) is 64.0 cm³/mol. The minimum atomic E-state index is -0.508. The summed E-state index contributed by atoms with van der Waals surface area (Å²) in [7, 11) is 0. The van der Waals surface area contributed by atoms with Crippen molar-refractivity contribution < 1.29 is 9.53 Å². The van der Waals surface area contributed by atoms with E-state index in [0.29, 0.717) is 13.0 Å². The Bertz CT molecular complexity index is 311. The van der Waals surface area contributed by atoms with Crippen LogP contribution in [0.4, 0.5) is 0 Å². The Labute approximate surface area is 96.6 Å². The van der Waals surface area contributed by atoms with Crippen LogP contribution in [0, 0.1) is 0 Å². The molecule has 0 amide bonds. The smallest absolute Gasteiger partial charge is 0.322 e. The van der Waals surface area contributed by atoms with E-state index in [1.807, 2.05) is 37.3 Å². The monoisotopic (exact) mass is 221 g/mol. The van der Waals surface area contributed by atoms with Gasteiger partial charge in [0, 0.05) is 0 Å². The van der Waals surface area contributed by atoms with Crippen LogP contribution in [0.3, 0.4) is 0 Å². The highest BCUT2D eigenvalue weighted by Crippen LogP contribution is 2.04. The van der Waals surface area contributed by atoms with Crippen molar-refractivity contribution in [3.63, 3.8) is 0 Å². The van der Waals surface area contributed by atoms with Crippen LogP contribution < -0.4 is 5.73 Å². The summed E-state index contributed by atoms with van der Waals surface area (Å²) in [6.45, 7) is 2.42. The van der Waals surface area contributed by atoms with Gasteiger partial charge in [-0.05, 0) is 24.8 Å². The Hall–Kier alpha value is -1.35. The average molecular weight is 221 g/mol. The van der Waals surface area contributed by atoms with Crippen molar-refractivity contribution in [3.05, 3.63) is 35.9 Å². The summed E-state index contributed by atoms with van der Waals surface area (Å²) >= 11 is 0. The van der Waals surface area contributed by atoms with Gasteiger partial charge in [0.05, 0.1) is 6.61 Å². The van der Waals surface area contributed by atoms with Crippen LogP contribution in [0.5, 0.6) is 0 Å². The Kier molecular flexibility index (Phi) is 5.57. The summed E-state index contributed by atoms with van der Waals surface area (Å²) in [5, 5.41) is 0. The van der Waals surface area contributed by atoms with Crippen LogP contribution in [0.25, 0.3) is 0 Å². The van der Waals surface area contributed by atoms with E-state index < -0.39 is 6.04 Å². The molecule has 3 heteroatoms. The third-order valence-corrected chi connectivity index (χ3v) is 2.34. The number of rotatable bonds is 6. The van der Waals surface area contributed by atoms with Gasteiger partial charge in [-0.25, -0.2) is 0 Å². The lowest BCUT2D eigenvalue weighted by atomic mass is 10.1. The molecule has 1 rings (SSSR count). The SMILES string of the molecule is CCCOC(=O)C(N)CCc1ccccc1. The summed E-state index contributed by atoms with van der Waals surface area (Å²) < 4.78 is 4.98. The van der Waals surface area contributed by atoms with Crippen molar-refractivity contribution in [2.75, 3.05) is 6.61 Å². The van der Waals surface area contributed by atoms with E-state index in [-0.39, 0.29) is 5.97 Å². The highest BCUT2D eigenvalue weighted by atomic mass is 16.5. The van der Waals surface area contributed by atoms with E-state index >= 15 is 0 Å². The number of aryl methyl sites for hydroxylation is 1. The number of ether oxygens (including phenoxy) is 1. The van der Waals surface area contributed by atoms with Gasteiger partial charge in [0.25, 0.3) is 0 Å². The summed E-state index contributed by atoms with van der Waals surface area (Å²) in [4.78, 5) is 11.4. The fourth-order valence-corrected chi connectivity index (χ4v) is 1.39. The van der Waals surface area contributed by atoms with Crippen molar-refractivity contribution >= 4 is 5.97 Å². The molecular formula is C13H19NO2. The Balaban J connectivity index is 2.29. The zero-order valence-corrected chi connectivity index (χ0v) is 9.69. The normalized spacial score (nSPS) is 12.1. The zero-order chi connectivity index (χ0) is 11.8. The van der Waals surface area contributed by atoms with Crippen LogP contribution >= 0.6 is 0 Å². The van der Waals surface area contributed by atoms with Crippen molar-refractivity contribution in [1.82, 2.24) is 0 Å². The number of hydrogen-bond donors (Lipinski definition) is 1. The second-order valence-electron chi connectivity index (χ2n) is 3.80. The molecule has 0 aliphatic rings. The summed E-state index contributed by atoms with van der Waals surface area (Å²) in [6.07, 6.45) is 2.27. The molecule has 16 heavy (non-hydrogen) atoms. The molecule has 3 nitrogen and oxygen atoms in total. The van der Waals surface area contributed by atoms with Gasteiger partial charge in [-0.2, -0.15) is 0 Å². The molecule has 0 saturated heterocycles. The number of carbonyl (C=O) groups excluding carboxylic acids is 1. The third kappa shape index (κ3) is 4.45. The fraction of sp³-hybridized carbons (Fsp3) is 0.462. The first kappa shape index (κ1) is 12.7. The zero-order valence-electron chi connectivity index (χ0n) is 9.69. The Morgan fingerprint density at radius 1 is 1.38 bits per heavy atom. The largest absolute Gasteiger partial charge is 0.465 e. The number of carbonyl (C=O) groups is 1. The van der Waals surface area contributed by atoms with E-state index in [9.17, 15) is 4.79 Å². The molecule has 1 unspecified atom stereocenters. The molecule has 0 spiro atoms. The fourth-order valence-electron chi connectivity index (χ4n) is 1.39. The Morgan fingerprint density at radius 2 is 2.06 bits per heavy atom. The minimum absolute atomic E-state index is 0.294. The maximum atomic E-state index is 11.4. The molecule has 2 N–H and O–H groups in total. The molecule has 0 heterocycles. The van der Waals surface area contributed by atoms with E-state index in [0.717, 1.165) is 12.8 Å². The van der Waals surface area contributed by atoms with Crippen LogP contribution in [-0.2, 0) is 16.0 Å². The molecule has 0 fully saturated rings. The molecule has 0 saturated carbocycles. The van der Waals surface area contributed by atoms with Gasteiger partial charge < -0.3 is 10.5 Å². The third-order valence-electron chi connectivity index (χ3n) is 2.34. The van der Waals surface area contributed by atoms with Crippen molar-refractivity contribution in [2.24, 2.45) is 5.73 Å². The molecule has 88 valence electrons. The molecule has 0 bridgehead atoms. The lowest BCUT2D eigenvalue weighted by molar-refractivity contribution is -0.145. The van der Waals surface area contributed by atoms with E-state index in [2.05, 4.69) is 0 Å². The highest BCUT2D eigenvalue weighted by Gasteiger charge is 2.14. The van der Waals surface area contributed by atoms with Crippen LogP contribution in [-0.4, -0.2) is 18.6 Å². The topological polar surface area (TPSA) is 52.3 Å². The van der Waals surface area contributed by atoms with Gasteiger partial charge in [0.2, 0.25) is 0 Å². The van der Waals surface area contributed by atoms with E-state index in [4.69, 9.17) is 10.5 Å². The lowest BCUT2D eigenvalue weighted by Crippen LogP contribution is -2.32. The molecular weight excluding hydrogens is 202 g/mol. The summed E-state index contributed by atoms with van der Waals surface area (Å²) in [6, 6.07) is 9.49. The van der Waals surface area contributed by atoms with E-state index in [1.54, 1.807) is 0 Å². The second-order valence-corrected chi connectivity index (χ2v) is 3.80. The molecule has 0 aliphatic carbocycles. The van der Waals surface area contributed by atoms with Gasteiger partial charge in [0.15, 0.2) is 0 Å². The number of esters is 1. The van der Waals surface area contributed by atoms with Gasteiger partial charge in [0.1, 0.15) is 6.04 Å². The highest BCUT2D eigenvalue weighted by molar-refractivity contribution is 5.75. The number of hydrogen-bond acceptors (Lipinski definition) is 3. The second kappa shape index (κ2) is 7.01. The molecule has 1 aromatic carbocycles. The van der Waals surface area contributed by atoms with E-state index in [1.165, 1.54) is 5.56 Å². The number of benzene rings is 1. The first-order chi connectivity index (χ1) is 7.74. The minimum Gasteiger partial charge on any atom is -0.465 e. The summed E-state index contributed by atoms with van der Waals surface area (Å²) in [5.41, 5.74) is 6.93. The van der Waals surface area contributed by atoms with Crippen molar-refractivity contribution in [3.8, 4) is 0 Å². The molecule has 0 radical (unpaired) electrons. The van der Waals surface area contributed by atoms with Crippen molar-refractivity contribution in [2.45, 2.75) is 32.2 Å². The van der Waals surface area contributed by atoms with Crippen LogP contribution in [0.15, 0.2) is 30.3 Å². The maximum absolute atomic E-state index is 11.4. The lowest BCUT2D eigenvalue weighted by Gasteiger charge is -2.10. The maximum Gasteiger partial charge on any atom is 0.322 e. The number of nitrogens with two attached hydrogens (primary N) is 1. The predicted octanol–water partition coefficient (Wildman–Crippen LogP) is 1.90. The Morgan fingerprint density at radius 3 is 2.69 bits per heavy atom. The first-order valence-electron chi connectivity index (χ1n) is 5.70. The van der Waals surface area contributed by atoms with Gasteiger partial charge in [-0.1, -0.05) is 37.3 Å².